The first-order chi connectivity index (χ1) is 11.1. The number of hydrogen-bond donors (Lipinski definition) is 2. The van der Waals surface area contributed by atoms with Gasteiger partial charge in [-0.3, -0.25) is 9.59 Å². The van der Waals surface area contributed by atoms with Crippen molar-refractivity contribution in [3.63, 3.8) is 0 Å². The van der Waals surface area contributed by atoms with Gasteiger partial charge in [0.05, 0.1) is 24.0 Å². The summed E-state index contributed by atoms with van der Waals surface area (Å²) in [5.41, 5.74) is 1.35. The molecule has 1 amide bonds. The molecule has 8 nitrogen and oxygen atoms in total. The zero-order valence-electron chi connectivity index (χ0n) is 13.5. The minimum Gasteiger partial charge on any atom is -0.481 e. The van der Waals surface area contributed by atoms with Crippen LogP contribution in [-0.2, 0) is 19.6 Å². The highest BCUT2D eigenvalue weighted by molar-refractivity contribution is 7.89. The summed E-state index contributed by atoms with van der Waals surface area (Å²) < 4.78 is 28.7. The molecule has 1 saturated heterocycles. The van der Waals surface area contributed by atoms with E-state index in [0.717, 1.165) is 0 Å². The predicted octanol–water partition coefficient (Wildman–Crippen LogP) is 0.267. The summed E-state index contributed by atoms with van der Waals surface area (Å²) in [7, 11) is -3.94. The van der Waals surface area contributed by atoms with Gasteiger partial charge in [0.2, 0.25) is 10.0 Å². The number of nitrogens with two attached hydrogens (primary N) is 1. The van der Waals surface area contributed by atoms with E-state index in [9.17, 15) is 18.0 Å². The fraction of sp³-hybridized carbons (Fsp3) is 0.467. The Morgan fingerprint density at radius 2 is 2.04 bits per heavy atom. The number of amides is 1. The van der Waals surface area contributed by atoms with Crippen LogP contribution in [0.2, 0.25) is 0 Å². The van der Waals surface area contributed by atoms with Crippen LogP contribution in [0.15, 0.2) is 17.0 Å². The summed E-state index contributed by atoms with van der Waals surface area (Å²) in [6.07, 6.45) is -0.775. The Kier molecular flexibility index (Phi) is 5.26. The molecular formula is C15H20N2O6S. The van der Waals surface area contributed by atoms with E-state index in [2.05, 4.69) is 0 Å². The number of carbonyl (C=O) groups is 2. The van der Waals surface area contributed by atoms with Gasteiger partial charge in [0.1, 0.15) is 0 Å². The number of morpholine rings is 1. The van der Waals surface area contributed by atoms with Crippen molar-refractivity contribution in [2.24, 2.45) is 5.14 Å². The zero-order valence-corrected chi connectivity index (χ0v) is 14.3. The fourth-order valence-corrected chi connectivity index (χ4v) is 3.53. The Bertz CT molecular complexity index is 774. The molecule has 0 bridgehead atoms. The minimum absolute atomic E-state index is 0.0822. The second-order valence-corrected chi connectivity index (χ2v) is 7.33. The lowest BCUT2D eigenvalue weighted by Gasteiger charge is -2.32. The number of aliphatic carboxylic acids is 1. The van der Waals surface area contributed by atoms with Crippen LogP contribution in [-0.4, -0.2) is 56.1 Å². The van der Waals surface area contributed by atoms with Crippen LogP contribution < -0.4 is 5.14 Å². The third-order valence-corrected chi connectivity index (χ3v) is 5.04. The number of hydrogen-bond acceptors (Lipinski definition) is 5. The van der Waals surface area contributed by atoms with Crippen molar-refractivity contribution in [1.82, 2.24) is 4.90 Å². The molecule has 2 rings (SSSR count). The summed E-state index contributed by atoms with van der Waals surface area (Å²) in [4.78, 5) is 24.8. The van der Waals surface area contributed by atoms with E-state index in [1.807, 2.05) is 0 Å². The van der Waals surface area contributed by atoms with Gasteiger partial charge in [0.15, 0.2) is 0 Å². The van der Waals surface area contributed by atoms with E-state index in [1.54, 1.807) is 19.9 Å². The average molecular weight is 356 g/mol. The zero-order chi connectivity index (χ0) is 18.1. The molecule has 3 N–H and O–H groups in total. The SMILES string of the molecule is Cc1cc(C(=O)N2CCO[C@H](CC(=O)O)C2)cc(S(N)(=O)=O)c1C. The van der Waals surface area contributed by atoms with Crippen LogP contribution in [0.25, 0.3) is 0 Å². The molecule has 1 aliphatic heterocycles. The number of benzene rings is 1. The average Bonchev–Trinajstić information content (AvgIpc) is 2.47. The summed E-state index contributed by atoms with van der Waals surface area (Å²) in [5.74, 6) is -1.38. The molecular weight excluding hydrogens is 336 g/mol. The lowest BCUT2D eigenvalue weighted by molar-refractivity contribution is -0.141. The molecule has 9 heteroatoms. The van der Waals surface area contributed by atoms with Crippen LogP contribution >= 0.6 is 0 Å². The maximum Gasteiger partial charge on any atom is 0.306 e. The van der Waals surface area contributed by atoms with Crippen LogP contribution in [0.3, 0.4) is 0 Å². The van der Waals surface area contributed by atoms with Gasteiger partial charge >= 0.3 is 5.97 Å². The molecule has 1 atom stereocenters. The summed E-state index contributed by atoms with van der Waals surface area (Å²) in [6, 6.07) is 2.87. The molecule has 0 unspecified atom stereocenters. The number of carboxylic acids is 1. The molecule has 0 spiro atoms. The van der Waals surface area contributed by atoms with Gasteiger partial charge in [-0.15, -0.1) is 0 Å². The normalized spacial score (nSPS) is 18.5. The van der Waals surface area contributed by atoms with Crippen LogP contribution in [0.1, 0.15) is 27.9 Å². The highest BCUT2D eigenvalue weighted by atomic mass is 32.2. The molecule has 1 heterocycles. The Labute approximate surface area is 140 Å². The fourth-order valence-electron chi connectivity index (χ4n) is 2.65. The maximum absolute atomic E-state index is 12.7. The quantitative estimate of drug-likeness (QED) is 0.797. The third-order valence-electron chi connectivity index (χ3n) is 4.00. The van der Waals surface area contributed by atoms with Gasteiger partial charge in [0.25, 0.3) is 5.91 Å². The number of ether oxygens (including phenoxy) is 1. The molecule has 0 radical (unpaired) electrons. The van der Waals surface area contributed by atoms with E-state index in [4.69, 9.17) is 15.0 Å². The molecule has 0 aromatic heterocycles. The number of aryl methyl sites for hydroxylation is 1. The molecule has 1 aromatic rings. The van der Waals surface area contributed by atoms with Gasteiger partial charge in [-0.2, -0.15) is 0 Å². The van der Waals surface area contributed by atoms with Gasteiger partial charge in [-0.1, -0.05) is 0 Å². The molecule has 132 valence electrons. The van der Waals surface area contributed by atoms with Crippen molar-refractivity contribution >= 4 is 21.9 Å². The summed E-state index contributed by atoms with van der Waals surface area (Å²) in [6.45, 7) is 4.01. The molecule has 1 fully saturated rings. The Morgan fingerprint density at radius 1 is 1.38 bits per heavy atom. The standard InChI is InChI=1S/C15H20N2O6S/c1-9-5-11(6-13(10(9)2)24(16,21)22)15(20)17-3-4-23-12(8-17)7-14(18)19/h5-6,12H,3-4,7-8H2,1-2H3,(H,18,19)(H2,16,21,22)/t12-/m1/s1. The van der Waals surface area contributed by atoms with Crippen molar-refractivity contribution in [2.45, 2.75) is 31.3 Å². The Hall–Kier alpha value is -1.97. The van der Waals surface area contributed by atoms with Crippen LogP contribution in [0, 0.1) is 13.8 Å². The molecule has 0 saturated carbocycles. The Morgan fingerprint density at radius 3 is 2.62 bits per heavy atom. The number of sulfonamides is 1. The number of primary sulfonamides is 1. The van der Waals surface area contributed by atoms with E-state index in [1.165, 1.54) is 11.0 Å². The second-order valence-electron chi connectivity index (χ2n) is 5.80. The van der Waals surface area contributed by atoms with Crippen molar-refractivity contribution < 1.29 is 27.9 Å². The van der Waals surface area contributed by atoms with Crippen molar-refractivity contribution in [3.05, 3.63) is 28.8 Å². The van der Waals surface area contributed by atoms with Gasteiger partial charge < -0.3 is 14.7 Å². The first-order valence-corrected chi connectivity index (χ1v) is 8.91. The molecule has 1 aromatic carbocycles. The van der Waals surface area contributed by atoms with Gasteiger partial charge in [0, 0.05) is 18.7 Å². The second kappa shape index (κ2) is 6.88. The van der Waals surface area contributed by atoms with Gasteiger partial charge in [-0.25, -0.2) is 13.6 Å². The van der Waals surface area contributed by atoms with Crippen molar-refractivity contribution in [2.75, 3.05) is 19.7 Å². The van der Waals surface area contributed by atoms with E-state index in [0.29, 0.717) is 17.7 Å². The highest BCUT2D eigenvalue weighted by Gasteiger charge is 2.27. The first-order valence-electron chi connectivity index (χ1n) is 7.36. The number of nitrogens with zero attached hydrogens (tertiary/aromatic N) is 1. The lowest BCUT2D eigenvalue weighted by atomic mass is 10.0. The molecule has 0 aliphatic carbocycles. The van der Waals surface area contributed by atoms with Crippen molar-refractivity contribution in [1.29, 1.82) is 0 Å². The van der Waals surface area contributed by atoms with Gasteiger partial charge in [-0.05, 0) is 37.1 Å². The maximum atomic E-state index is 12.7. The van der Waals surface area contributed by atoms with E-state index in [-0.39, 0.29) is 35.9 Å². The largest absolute Gasteiger partial charge is 0.481 e. The topological polar surface area (TPSA) is 127 Å². The van der Waals surface area contributed by atoms with E-state index >= 15 is 0 Å². The minimum atomic E-state index is -3.94. The van der Waals surface area contributed by atoms with Crippen LogP contribution in [0.5, 0.6) is 0 Å². The summed E-state index contributed by atoms with van der Waals surface area (Å²) in [5, 5.41) is 14.0. The third kappa shape index (κ3) is 4.11. The monoisotopic (exact) mass is 356 g/mol. The smallest absolute Gasteiger partial charge is 0.306 e. The lowest BCUT2D eigenvalue weighted by Crippen LogP contribution is -2.46. The van der Waals surface area contributed by atoms with Crippen molar-refractivity contribution in [3.8, 4) is 0 Å². The summed E-state index contributed by atoms with van der Waals surface area (Å²) >= 11 is 0. The Balaban J connectivity index is 2.29. The predicted molar refractivity (Wildman–Crippen MR) is 85.2 cm³/mol. The number of carbonyl (C=O) groups excluding carboxylic acids is 1. The highest BCUT2D eigenvalue weighted by Crippen LogP contribution is 2.22. The molecule has 1 aliphatic rings. The van der Waals surface area contributed by atoms with E-state index < -0.39 is 22.1 Å². The molecule has 24 heavy (non-hydrogen) atoms. The first kappa shape index (κ1) is 18.4. The van der Waals surface area contributed by atoms with Crippen LogP contribution in [0.4, 0.5) is 0 Å². The number of carboxylic acid groups (broad SMARTS) is 1. The number of rotatable bonds is 4.